The summed E-state index contributed by atoms with van der Waals surface area (Å²) in [6, 6.07) is 13.1. The third-order valence-electron chi connectivity index (χ3n) is 4.22. The van der Waals surface area contributed by atoms with Crippen LogP contribution in [0.5, 0.6) is 17.4 Å². The Morgan fingerprint density at radius 3 is 3.04 bits per heavy atom. The third kappa shape index (κ3) is 4.41. The highest BCUT2D eigenvalue weighted by Crippen LogP contribution is 2.26. The number of aromatic nitrogens is 2. The van der Waals surface area contributed by atoms with Gasteiger partial charge in [0.1, 0.15) is 11.5 Å². The minimum absolute atomic E-state index is 0.0802. The van der Waals surface area contributed by atoms with Crippen molar-refractivity contribution in [3.63, 3.8) is 0 Å². The Hall–Kier alpha value is -3.41. The molecule has 0 fully saturated rings. The molecule has 6 nitrogen and oxygen atoms in total. The van der Waals surface area contributed by atoms with E-state index in [9.17, 15) is 4.79 Å². The summed E-state index contributed by atoms with van der Waals surface area (Å²) in [5.41, 5.74) is 2.82. The van der Waals surface area contributed by atoms with Crippen LogP contribution in [-0.2, 0) is 17.6 Å². The maximum atomic E-state index is 12.4. The molecule has 0 unspecified atom stereocenters. The molecule has 6 heteroatoms. The molecule has 136 valence electrons. The molecule has 1 aliphatic rings. The number of ether oxygens (including phenoxy) is 2. The fourth-order valence-corrected chi connectivity index (χ4v) is 3.01. The second kappa shape index (κ2) is 7.86. The standard InChI is InChI=1S/C21H19N3O3/c25-20(12-15-6-7-19-16(11-15)3-2-10-26-19)24-17-4-1-5-18(13-17)27-21-14-22-8-9-23-21/h1,4-9,11,13-14H,2-3,10,12H2,(H,24,25). The molecule has 0 atom stereocenters. The summed E-state index contributed by atoms with van der Waals surface area (Å²) in [6.07, 6.45) is 6.99. The van der Waals surface area contributed by atoms with E-state index in [1.165, 1.54) is 11.8 Å². The molecule has 0 spiro atoms. The van der Waals surface area contributed by atoms with E-state index in [0.717, 1.165) is 30.8 Å². The number of amides is 1. The van der Waals surface area contributed by atoms with Crippen molar-refractivity contribution in [3.8, 4) is 17.4 Å². The van der Waals surface area contributed by atoms with Gasteiger partial charge < -0.3 is 14.8 Å². The maximum absolute atomic E-state index is 12.4. The average Bonchev–Trinajstić information content (AvgIpc) is 2.69. The number of fused-ring (bicyclic) bond motifs is 1. The third-order valence-corrected chi connectivity index (χ3v) is 4.22. The van der Waals surface area contributed by atoms with Gasteiger partial charge in [0.2, 0.25) is 11.8 Å². The van der Waals surface area contributed by atoms with E-state index in [2.05, 4.69) is 21.4 Å². The Bertz CT molecular complexity index is 944. The fourth-order valence-electron chi connectivity index (χ4n) is 3.01. The van der Waals surface area contributed by atoms with E-state index in [1.54, 1.807) is 24.5 Å². The summed E-state index contributed by atoms with van der Waals surface area (Å²) in [4.78, 5) is 20.5. The van der Waals surface area contributed by atoms with Gasteiger partial charge >= 0.3 is 0 Å². The molecule has 1 N–H and O–H groups in total. The van der Waals surface area contributed by atoms with Crippen LogP contribution in [0.25, 0.3) is 0 Å². The Balaban J connectivity index is 1.40. The van der Waals surface area contributed by atoms with Crippen molar-refractivity contribution >= 4 is 11.6 Å². The monoisotopic (exact) mass is 361 g/mol. The van der Waals surface area contributed by atoms with Crippen molar-refractivity contribution in [2.24, 2.45) is 0 Å². The molecular formula is C21H19N3O3. The van der Waals surface area contributed by atoms with Crippen LogP contribution in [0.15, 0.2) is 61.1 Å². The summed E-state index contributed by atoms with van der Waals surface area (Å²) in [6.45, 7) is 0.764. The fraction of sp³-hybridized carbons (Fsp3) is 0.190. The van der Waals surface area contributed by atoms with E-state index < -0.39 is 0 Å². The van der Waals surface area contributed by atoms with Crippen LogP contribution >= 0.6 is 0 Å². The number of nitrogens with zero attached hydrogens (tertiary/aromatic N) is 2. The second-order valence-electron chi connectivity index (χ2n) is 6.29. The number of nitrogens with one attached hydrogen (secondary N) is 1. The first kappa shape index (κ1) is 17.0. The van der Waals surface area contributed by atoms with Gasteiger partial charge in [-0.1, -0.05) is 18.2 Å². The molecule has 0 bridgehead atoms. The molecular weight excluding hydrogens is 342 g/mol. The zero-order chi connectivity index (χ0) is 18.5. The zero-order valence-electron chi connectivity index (χ0n) is 14.7. The van der Waals surface area contributed by atoms with Gasteiger partial charge in [-0.15, -0.1) is 0 Å². The first-order chi connectivity index (χ1) is 13.3. The smallest absolute Gasteiger partial charge is 0.237 e. The number of aryl methyl sites for hydroxylation is 1. The van der Waals surface area contributed by atoms with E-state index in [4.69, 9.17) is 9.47 Å². The van der Waals surface area contributed by atoms with E-state index in [-0.39, 0.29) is 5.91 Å². The van der Waals surface area contributed by atoms with Crippen LogP contribution in [-0.4, -0.2) is 22.5 Å². The van der Waals surface area contributed by atoms with E-state index >= 15 is 0 Å². The highest BCUT2D eigenvalue weighted by molar-refractivity contribution is 5.92. The number of carbonyl (C=O) groups excluding carboxylic acids is 1. The Morgan fingerprint density at radius 2 is 2.15 bits per heavy atom. The van der Waals surface area contributed by atoms with E-state index in [0.29, 0.717) is 23.7 Å². The maximum Gasteiger partial charge on any atom is 0.237 e. The van der Waals surface area contributed by atoms with Crippen molar-refractivity contribution in [1.82, 2.24) is 9.97 Å². The Labute approximate surface area is 157 Å². The first-order valence-electron chi connectivity index (χ1n) is 8.85. The predicted molar refractivity (Wildman–Crippen MR) is 101 cm³/mol. The average molecular weight is 361 g/mol. The van der Waals surface area contributed by atoms with Crippen molar-refractivity contribution in [1.29, 1.82) is 0 Å². The van der Waals surface area contributed by atoms with Crippen LogP contribution < -0.4 is 14.8 Å². The summed E-state index contributed by atoms with van der Waals surface area (Å²) in [7, 11) is 0. The number of rotatable bonds is 5. The van der Waals surface area contributed by atoms with Crippen molar-refractivity contribution in [2.75, 3.05) is 11.9 Å². The van der Waals surface area contributed by atoms with Gasteiger partial charge in [0, 0.05) is 24.1 Å². The van der Waals surface area contributed by atoms with Crippen LogP contribution in [0, 0.1) is 0 Å². The summed E-state index contributed by atoms with van der Waals surface area (Å²) < 4.78 is 11.3. The summed E-state index contributed by atoms with van der Waals surface area (Å²) >= 11 is 0. The zero-order valence-corrected chi connectivity index (χ0v) is 14.7. The number of carbonyl (C=O) groups is 1. The lowest BCUT2D eigenvalue weighted by molar-refractivity contribution is -0.115. The minimum atomic E-state index is -0.0802. The molecule has 0 saturated heterocycles. The lowest BCUT2D eigenvalue weighted by atomic mass is 10.0. The van der Waals surface area contributed by atoms with Gasteiger partial charge in [-0.05, 0) is 42.2 Å². The number of hydrogen-bond donors (Lipinski definition) is 1. The van der Waals surface area contributed by atoms with Crippen LogP contribution in [0.1, 0.15) is 17.5 Å². The molecule has 3 aromatic rings. The van der Waals surface area contributed by atoms with Gasteiger partial charge in [-0.3, -0.25) is 9.78 Å². The van der Waals surface area contributed by atoms with Crippen LogP contribution in [0.2, 0.25) is 0 Å². The lowest BCUT2D eigenvalue weighted by Gasteiger charge is -2.17. The second-order valence-corrected chi connectivity index (χ2v) is 6.29. The molecule has 1 amide bonds. The minimum Gasteiger partial charge on any atom is -0.493 e. The van der Waals surface area contributed by atoms with Crippen LogP contribution in [0.3, 0.4) is 0 Å². The number of anilines is 1. The van der Waals surface area contributed by atoms with Gasteiger partial charge in [-0.2, -0.15) is 0 Å². The highest BCUT2D eigenvalue weighted by Gasteiger charge is 2.12. The molecule has 27 heavy (non-hydrogen) atoms. The Kier molecular flexibility index (Phi) is 4.96. The van der Waals surface area contributed by atoms with Crippen molar-refractivity contribution in [2.45, 2.75) is 19.3 Å². The SMILES string of the molecule is O=C(Cc1ccc2c(c1)CCCO2)Nc1cccc(Oc2cnccn2)c1. The molecule has 0 aliphatic carbocycles. The topological polar surface area (TPSA) is 73.3 Å². The molecule has 1 aliphatic heterocycles. The normalized spacial score (nSPS) is 12.6. The van der Waals surface area contributed by atoms with Gasteiger partial charge in [0.25, 0.3) is 0 Å². The van der Waals surface area contributed by atoms with Crippen molar-refractivity contribution in [3.05, 3.63) is 72.2 Å². The number of hydrogen-bond acceptors (Lipinski definition) is 5. The Morgan fingerprint density at radius 1 is 1.19 bits per heavy atom. The molecule has 2 aromatic carbocycles. The predicted octanol–water partition coefficient (Wildman–Crippen LogP) is 3.78. The quantitative estimate of drug-likeness (QED) is 0.749. The molecule has 1 aromatic heterocycles. The van der Waals surface area contributed by atoms with Crippen molar-refractivity contribution < 1.29 is 14.3 Å². The number of benzene rings is 2. The molecule has 4 rings (SSSR count). The lowest BCUT2D eigenvalue weighted by Crippen LogP contribution is -2.15. The molecule has 2 heterocycles. The van der Waals surface area contributed by atoms with Gasteiger partial charge in [0.05, 0.1) is 19.2 Å². The van der Waals surface area contributed by atoms with Crippen LogP contribution in [0.4, 0.5) is 5.69 Å². The van der Waals surface area contributed by atoms with Gasteiger partial charge in [0.15, 0.2) is 0 Å². The van der Waals surface area contributed by atoms with E-state index in [1.807, 2.05) is 24.3 Å². The summed E-state index contributed by atoms with van der Waals surface area (Å²) in [5.74, 6) is 1.83. The highest BCUT2D eigenvalue weighted by atomic mass is 16.5. The summed E-state index contributed by atoms with van der Waals surface area (Å²) in [5, 5.41) is 2.91. The largest absolute Gasteiger partial charge is 0.493 e. The first-order valence-corrected chi connectivity index (χ1v) is 8.85. The molecule has 0 saturated carbocycles. The van der Waals surface area contributed by atoms with Gasteiger partial charge in [-0.25, -0.2) is 4.98 Å². The molecule has 0 radical (unpaired) electrons.